The summed E-state index contributed by atoms with van der Waals surface area (Å²) in [5.41, 5.74) is 1.08. The summed E-state index contributed by atoms with van der Waals surface area (Å²) in [5, 5.41) is 0.677. The highest BCUT2D eigenvalue weighted by atomic mass is 79.9. The quantitative estimate of drug-likeness (QED) is 0.715. The highest BCUT2D eigenvalue weighted by molar-refractivity contribution is 9.10. The van der Waals surface area contributed by atoms with Crippen molar-refractivity contribution in [3.8, 4) is 0 Å². The van der Waals surface area contributed by atoms with E-state index >= 15 is 0 Å². The van der Waals surface area contributed by atoms with Crippen LogP contribution in [0, 0.1) is 11.3 Å². The van der Waals surface area contributed by atoms with Crippen LogP contribution < -0.4 is 0 Å². The van der Waals surface area contributed by atoms with Crippen LogP contribution >= 0.6 is 27.5 Å². The SMILES string of the molecule is CC1(C)CCCCC1C(=O)Cc1ccc(Br)cc1Cl. The van der Waals surface area contributed by atoms with E-state index in [0.29, 0.717) is 17.2 Å². The van der Waals surface area contributed by atoms with E-state index in [1.807, 2.05) is 18.2 Å². The van der Waals surface area contributed by atoms with E-state index in [0.717, 1.165) is 22.9 Å². The second kappa shape index (κ2) is 5.97. The van der Waals surface area contributed by atoms with Crippen LogP contribution in [0.15, 0.2) is 22.7 Å². The van der Waals surface area contributed by atoms with Crippen molar-refractivity contribution in [3.05, 3.63) is 33.3 Å². The Kier molecular flexibility index (Phi) is 4.73. The van der Waals surface area contributed by atoms with Crippen molar-refractivity contribution < 1.29 is 4.79 Å². The van der Waals surface area contributed by atoms with Crippen LogP contribution in [0.5, 0.6) is 0 Å². The Morgan fingerprint density at radius 1 is 1.42 bits per heavy atom. The highest BCUT2D eigenvalue weighted by Crippen LogP contribution is 2.41. The second-order valence-electron chi connectivity index (χ2n) is 6.17. The van der Waals surface area contributed by atoms with Crippen LogP contribution in [0.25, 0.3) is 0 Å². The molecular weight excluding hydrogens is 324 g/mol. The summed E-state index contributed by atoms with van der Waals surface area (Å²) in [6.45, 7) is 4.44. The van der Waals surface area contributed by atoms with Gasteiger partial charge in [-0.3, -0.25) is 4.79 Å². The van der Waals surface area contributed by atoms with Crippen LogP contribution in [0.2, 0.25) is 5.02 Å². The third kappa shape index (κ3) is 3.61. The number of rotatable bonds is 3. The number of hydrogen-bond acceptors (Lipinski definition) is 1. The Balaban J connectivity index is 2.12. The molecule has 0 aliphatic heterocycles. The number of carbonyl (C=O) groups is 1. The van der Waals surface area contributed by atoms with Crippen molar-refractivity contribution in [2.75, 3.05) is 0 Å². The molecule has 0 saturated heterocycles. The lowest BCUT2D eigenvalue weighted by atomic mass is 9.66. The number of halogens is 2. The molecule has 1 aliphatic carbocycles. The molecule has 0 aromatic heterocycles. The van der Waals surface area contributed by atoms with Crippen molar-refractivity contribution >= 4 is 33.3 Å². The molecule has 1 fully saturated rings. The molecule has 0 amide bonds. The highest BCUT2D eigenvalue weighted by Gasteiger charge is 2.36. The zero-order chi connectivity index (χ0) is 14.0. The molecule has 1 aliphatic rings. The maximum absolute atomic E-state index is 12.5. The van der Waals surface area contributed by atoms with Gasteiger partial charge < -0.3 is 0 Å². The minimum absolute atomic E-state index is 0.136. The van der Waals surface area contributed by atoms with Crippen LogP contribution in [0.3, 0.4) is 0 Å². The smallest absolute Gasteiger partial charge is 0.140 e. The number of hydrogen-bond donors (Lipinski definition) is 0. The lowest BCUT2D eigenvalue weighted by Crippen LogP contribution is -2.34. The number of carbonyl (C=O) groups excluding carboxylic acids is 1. The van der Waals surface area contributed by atoms with Crippen molar-refractivity contribution in [1.82, 2.24) is 0 Å². The lowest BCUT2D eigenvalue weighted by molar-refractivity contribution is -0.127. The van der Waals surface area contributed by atoms with Crippen molar-refractivity contribution in [2.24, 2.45) is 11.3 Å². The van der Waals surface area contributed by atoms with E-state index in [1.54, 1.807) is 0 Å². The van der Waals surface area contributed by atoms with E-state index in [1.165, 1.54) is 12.8 Å². The molecule has 0 radical (unpaired) electrons. The van der Waals surface area contributed by atoms with Crippen molar-refractivity contribution in [3.63, 3.8) is 0 Å². The summed E-state index contributed by atoms with van der Waals surface area (Å²) < 4.78 is 0.951. The van der Waals surface area contributed by atoms with E-state index in [9.17, 15) is 4.79 Å². The van der Waals surface area contributed by atoms with Gasteiger partial charge in [0.1, 0.15) is 5.78 Å². The van der Waals surface area contributed by atoms with Gasteiger partial charge in [0.15, 0.2) is 0 Å². The molecule has 1 saturated carbocycles. The summed E-state index contributed by atoms with van der Waals surface area (Å²) in [6.07, 6.45) is 5.06. The maximum Gasteiger partial charge on any atom is 0.140 e. The van der Waals surface area contributed by atoms with Crippen molar-refractivity contribution in [1.29, 1.82) is 0 Å². The first-order chi connectivity index (χ1) is 8.90. The summed E-state index contributed by atoms with van der Waals surface area (Å²) in [5.74, 6) is 0.523. The van der Waals surface area contributed by atoms with Crippen LogP contribution in [-0.2, 0) is 11.2 Å². The van der Waals surface area contributed by atoms with Gasteiger partial charge in [0.2, 0.25) is 0 Å². The Labute approximate surface area is 128 Å². The van der Waals surface area contributed by atoms with Gasteiger partial charge in [-0.25, -0.2) is 0 Å². The molecule has 104 valence electrons. The normalized spacial score (nSPS) is 22.2. The van der Waals surface area contributed by atoms with E-state index < -0.39 is 0 Å². The summed E-state index contributed by atoms with van der Waals surface area (Å²) >= 11 is 9.59. The Bertz CT molecular complexity index is 482. The standard InChI is InChI=1S/C16H20BrClO/c1-16(2)8-4-3-5-13(16)15(19)9-11-6-7-12(17)10-14(11)18/h6-7,10,13H,3-5,8-9H2,1-2H3. The fourth-order valence-corrected chi connectivity index (χ4v) is 3.81. The molecule has 0 heterocycles. The summed E-state index contributed by atoms with van der Waals surface area (Å²) in [6, 6.07) is 5.75. The minimum atomic E-state index is 0.136. The van der Waals surface area contributed by atoms with Gasteiger partial charge >= 0.3 is 0 Å². The van der Waals surface area contributed by atoms with E-state index in [4.69, 9.17) is 11.6 Å². The lowest BCUT2D eigenvalue weighted by Gasteiger charge is -2.37. The van der Waals surface area contributed by atoms with Crippen molar-refractivity contribution in [2.45, 2.75) is 46.0 Å². The average Bonchev–Trinajstić information content (AvgIpc) is 2.32. The molecule has 19 heavy (non-hydrogen) atoms. The first-order valence-corrected chi connectivity index (χ1v) is 8.04. The topological polar surface area (TPSA) is 17.1 Å². The Morgan fingerprint density at radius 3 is 2.79 bits per heavy atom. The fourth-order valence-electron chi connectivity index (χ4n) is 3.07. The van der Waals surface area contributed by atoms with Gasteiger partial charge in [-0.15, -0.1) is 0 Å². The second-order valence-corrected chi connectivity index (χ2v) is 7.49. The zero-order valence-corrected chi connectivity index (χ0v) is 13.9. The molecule has 0 bridgehead atoms. The molecule has 1 nitrogen and oxygen atoms in total. The monoisotopic (exact) mass is 342 g/mol. The third-order valence-corrected chi connectivity index (χ3v) is 5.12. The number of benzene rings is 1. The average molecular weight is 344 g/mol. The van der Waals surface area contributed by atoms with Gasteiger partial charge in [0.25, 0.3) is 0 Å². The third-order valence-electron chi connectivity index (χ3n) is 4.28. The molecule has 0 spiro atoms. The van der Waals surface area contributed by atoms with Gasteiger partial charge in [-0.1, -0.05) is 60.3 Å². The fraction of sp³-hybridized carbons (Fsp3) is 0.562. The van der Waals surface area contributed by atoms with E-state index in [-0.39, 0.29) is 11.3 Å². The molecule has 1 atom stereocenters. The first kappa shape index (κ1) is 15.1. The van der Waals surface area contributed by atoms with Crippen LogP contribution in [-0.4, -0.2) is 5.78 Å². The molecule has 1 aromatic rings. The predicted octanol–water partition coefficient (Wildman–Crippen LogP) is 5.43. The van der Waals surface area contributed by atoms with Gasteiger partial charge in [0.05, 0.1) is 0 Å². The van der Waals surface area contributed by atoms with Crippen LogP contribution in [0.4, 0.5) is 0 Å². The predicted molar refractivity (Wildman–Crippen MR) is 83.6 cm³/mol. The summed E-state index contributed by atoms with van der Waals surface area (Å²) in [7, 11) is 0. The Morgan fingerprint density at radius 2 is 2.16 bits per heavy atom. The van der Waals surface area contributed by atoms with Gasteiger partial charge in [-0.2, -0.15) is 0 Å². The maximum atomic E-state index is 12.5. The number of ketones is 1. The molecule has 2 rings (SSSR count). The summed E-state index contributed by atoms with van der Waals surface area (Å²) in [4.78, 5) is 12.5. The van der Waals surface area contributed by atoms with Gasteiger partial charge in [0, 0.05) is 21.8 Å². The minimum Gasteiger partial charge on any atom is -0.299 e. The largest absolute Gasteiger partial charge is 0.299 e. The van der Waals surface area contributed by atoms with Crippen LogP contribution in [0.1, 0.15) is 45.1 Å². The molecule has 1 aromatic carbocycles. The molecule has 0 N–H and O–H groups in total. The Hall–Kier alpha value is -0.340. The number of Topliss-reactive ketones (excluding diaryl/α,β-unsaturated/α-hetero) is 1. The molecular formula is C16H20BrClO. The molecule has 1 unspecified atom stereocenters. The molecule has 3 heteroatoms. The zero-order valence-electron chi connectivity index (χ0n) is 11.5. The van der Waals surface area contributed by atoms with E-state index in [2.05, 4.69) is 29.8 Å². The van der Waals surface area contributed by atoms with Gasteiger partial charge in [-0.05, 0) is 36.0 Å². The first-order valence-electron chi connectivity index (χ1n) is 6.87.